The highest BCUT2D eigenvalue weighted by atomic mass is 16.5. The Balaban J connectivity index is 4.39. The van der Waals surface area contributed by atoms with E-state index in [1.54, 1.807) is 7.11 Å². The largest absolute Gasteiger partial charge is 0.479 e. The Morgan fingerprint density at radius 1 is 0.585 bits per heavy atom. The lowest BCUT2D eigenvalue weighted by Gasteiger charge is -2.33. The number of unbranched alkanes of at least 4 members (excludes halogenated alkanes) is 21. The van der Waals surface area contributed by atoms with E-state index < -0.39 is 11.6 Å². The maximum Gasteiger partial charge on any atom is 0.335 e. The van der Waals surface area contributed by atoms with Gasteiger partial charge < -0.3 is 14.6 Å². The van der Waals surface area contributed by atoms with Crippen LogP contribution < -0.4 is 0 Å². The molecule has 0 aromatic carbocycles. The Morgan fingerprint density at radius 3 is 1.41 bits per heavy atom. The molecule has 0 aliphatic carbocycles. The standard InChI is InChI=1S/C37H74O4/c1-5-8-10-11-12-13-14-15-16-17-18-21-24-27-31-37(36(38)39,34-35(7-3)30-9-6-2)41-33-29-26-23-20-19-22-25-28-32-40-4/h35H,5-34H2,1-4H3,(H,38,39). The zero-order chi connectivity index (χ0) is 30.3. The Morgan fingerprint density at radius 2 is 1.00 bits per heavy atom. The van der Waals surface area contributed by atoms with E-state index >= 15 is 0 Å². The molecule has 0 radical (unpaired) electrons. The van der Waals surface area contributed by atoms with Crippen LogP contribution in [0.4, 0.5) is 0 Å². The molecular formula is C37H74O4. The molecule has 1 N–H and O–H groups in total. The fourth-order valence-corrected chi connectivity index (χ4v) is 6.18. The lowest BCUT2D eigenvalue weighted by Crippen LogP contribution is -2.43. The molecule has 2 unspecified atom stereocenters. The highest BCUT2D eigenvalue weighted by Crippen LogP contribution is 2.33. The van der Waals surface area contributed by atoms with E-state index in [0.717, 1.165) is 51.6 Å². The van der Waals surface area contributed by atoms with Gasteiger partial charge in [0.2, 0.25) is 0 Å². The molecule has 0 aromatic rings. The molecule has 0 aliphatic heterocycles. The first-order valence-corrected chi connectivity index (χ1v) is 18.4. The summed E-state index contributed by atoms with van der Waals surface area (Å²) < 4.78 is 11.5. The van der Waals surface area contributed by atoms with Crippen LogP contribution in [0.5, 0.6) is 0 Å². The maximum absolute atomic E-state index is 12.7. The smallest absolute Gasteiger partial charge is 0.335 e. The normalized spacial score (nSPS) is 13.9. The van der Waals surface area contributed by atoms with Crippen LogP contribution in [0.1, 0.15) is 201 Å². The van der Waals surface area contributed by atoms with E-state index in [0.29, 0.717) is 25.4 Å². The van der Waals surface area contributed by atoms with Crippen molar-refractivity contribution in [3.8, 4) is 0 Å². The fourth-order valence-electron chi connectivity index (χ4n) is 6.18. The molecule has 41 heavy (non-hydrogen) atoms. The molecule has 0 amide bonds. The summed E-state index contributed by atoms with van der Waals surface area (Å²) in [6.45, 7) is 8.18. The summed E-state index contributed by atoms with van der Waals surface area (Å²) in [6.07, 6.45) is 34.0. The summed E-state index contributed by atoms with van der Waals surface area (Å²) in [5, 5.41) is 10.4. The third-order valence-corrected chi connectivity index (χ3v) is 9.11. The molecular weight excluding hydrogens is 508 g/mol. The Bertz CT molecular complexity index is 537. The highest BCUT2D eigenvalue weighted by molar-refractivity contribution is 5.77. The second-order valence-corrected chi connectivity index (χ2v) is 12.9. The van der Waals surface area contributed by atoms with Gasteiger partial charge in [0, 0.05) is 20.3 Å². The van der Waals surface area contributed by atoms with Gasteiger partial charge in [0.05, 0.1) is 0 Å². The Kier molecular flexibility index (Phi) is 30.4. The highest BCUT2D eigenvalue weighted by Gasteiger charge is 2.40. The fraction of sp³-hybridized carbons (Fsp3) is 0.973. The lowest BCUT2D eigenvalue weighted by molar-refractivity contribution is -0.171. The summed E-state index contributed by atoms with van der Waals surface area (Å²) in [5.41, 5.74) is -0.993. The number of hydrogen-bond donors (Lipinski definition) is 1. The molecule has 0 aliphatic rings. The predicted molar refractivity (Wildman–Crippen MR) is 178 cm³/mol. The second-order valence-electron chi connectivity index (χ2n) is 12.9. The van der Waals surface area contributed by atoms with Crippen molar-refractivity contribution in [3.63, 3.8) is 0 Å². The quantitative estimate of drug-likeness (QED) is 0.0767. The van der Waals surface area contributed by atoms with Gasteiger partial charge in [0.1, 0.15) is 0 Å². The zero-order valence-electron chi connectivity index (χ0n) is 28.5. The van der Waals surface area contributed by atoms with Gasteiger partial charge in [-0.3, -0.25) is 0 Å². The van der Waals surface area contributed by atoms with E-state index in [2.05, 4.69) is 20.8 Å². The molecule has 0 bridgehead atoms. The van der Waals surface area contributed by atoms with Crippen LogP contribution in [0.25, 0.3) is 0 Å². The van der Waals surface area contributed by atoms with E-state index in [4.69, 9.17) is 9.47 Å². The molecule has 0 saturated heterocycles. The number of ether oxygens (including phenoxy) is 2. The van der Waals surface area contributed by atoms with Crippen molar-refractivity contribution in [3.05, 3.63) is 0 Å². The van der Waals surface area contributed by atoms with Crippen molar-refractivity contribution in [2.45, 2.75) is 206 Å². The monoisotopic (exact) mass is 583 g/mol. The van der Waals surface area contributed by atoms with Gasteiger partial charge in [-0.2, -0.15) is 0 Å². The van der Waals surface area contributed by atoms with Crippen LogP contribution >= 0.6 is 0 Å². The molecule has 0 aromatic heterocycles. The van der Waals surface area contributed by atoms with Crippen molar-refractivity contribution >= 4 is 5.97 Å². The second kappa shape index (κ2) is 30.8. The van der Waals surface area contributed by atoms with Gasteiger partial charge in [0.25, 0.3) is 0 Å². The van der Waals surface area contributed by atoms with Crippen molar-refractivity contribution in [1.82, 2.24) is 0 Å². The lowest BCUT2D eigenvalue weighted by atomic mass is 9.82. The van der Waals surface area contributed by atoms with Crippen molar-refractivity contribution in [1.29, 1.82) is 0 Å². The summed E-state index contributed by atoms with van der Waals surface area (Å²) >= 11 is 0. The van der Waals surface area contributed by atoms with Crippen LogP contribution in [-0.4, -0.2) is 37.0 Å². The van der Waals surface area contributed by atoms with E-state index in [9.17, 15) is 9.90 Å². The molecule has 2 atom stereocenters. The number of carbonyl (C=O) groups is 1. The predicted octanol–water partition coefficient (Wildman–Crippen LogP) is 12.1. The molecule has 0 saturated carbocycles. The first-order valence-electron chi connectivity index (χ1n) is 18.4. The average Bonchev–Trinajstić information content (AvgIpc) is 2.97. The number of carboxylic acids is 1. The van der Waals surface area contributed by atoms with Gasteiger partial charge >= 0.3 is 5.97 Å². The van der Waals surface area contributed by atoms with Crippen molar-refractivity contribution in [2.24, 2.45) is 5.92 Å². The molecule has 0 heterocycles. The van der Waals surface area contributed by atoms with Gasteiger partial charge in [-0.15, -0.1) is 0 Å². The zero-order valence-corrected chi connectivity index (χ0v) is 28.5. The molecule has 0 fully saturated rings. The van der Waals surface area contributed by atoms with Crippen LogP contribution in [0.3, 0.4) is 0 Å². The molecule has 246 valence electrons. The van der Waals surface area contributed by atoms with Crippen LogP contribution in [0, 0.1) is 5.92 Å². The third kappa shape index (κ3) is 24.5. The Labute approximate surface area is 257 Å². The molecule has 4 heteroatoms. The Hall–Kier alpha value is -0.610. The minimum Gasteiger partial charge on any atom is -0.479 e. The number of carboxylic acid groups (broad SMARTS) is 1. The van der Waals surface area contributed by atoms with Crippen LogP contribution in [0.15, 0.2) is 0 Å². The van der Waals surface area contributed by atoms with Gasteiger partial charge in [-0.1, -0.05) is 168 Å². The minimum absolute atomic E-state index is 0.441. The first kappa shape index (κ1) is 40.4. The topological polar surface area (TPSA) is 55.8 Å². The van der Waals surface area contributed by atoms with Crippen molar-refractivity contribution < 1.29 is 19.4 Å². The number of methoxy groups -OCH3 is 1. The average molecular weight is 583 g/mol. The van der Waals surface area contributed by atoms with Gasteiger partial charge in [0.15, 0.2) is 5.60 Å². The maximum atomic E-state index is 12.7. The van der Waals surface area contributed by atoms with Gasteiger partial charge in [-0.25, -0.2) is 4.79 Å². The number of rotatable bonds is 34. The van der Waals surface area contributed by atoms with E-state index in [-0.39, 0.29) is 0 Å². The van der Waals surface area contributed by atoms with E-state index in [1.807, 2.05) is 0 Å². The van der Waals surface area contributed by atoms with Crippen molar-refractivity contribution in [2.75, 3.05) is 20.3 Å². The summed E-state index contributed by atoms with van der Waals surface area (Å²) in [6, 6.07) is 0. The summed E-state index contributed by atoms with van der Waals surface area (Å²) in [4.78, 5) is 12.7. The summed E-state index contributed by atoms with van der Waals surface area (Å²) in [5.74, 6) is -0.283. The third-order valence-electron chi connectivity index (χ3n) is 9.11. The molecule has 4 nitrogen and oxygen atoms in total. The van der Waals surface area contributed by atoms with E-state index in [1.165, 1.54) is 122 Å². The minimum atomic E-state index is -0.993. The SMILES string of the molecule is CCCCCCCCCCCCCCCCC(CC(CC)CCCC)(OCCCCCCCCCCOC)C(=O)O. The van der Waals surface area contributed by atoms with Crippen LogP contribution in [-0.2, 0) is 14.3 Å². The summed E-state index contributed by atoms with van der Waals surface area (Å²) in [7, 11) is 1.77. The van der Waals surface area contributed by atoms with Gasteiger partial charge in [-0.05, 0) is 38.0 Å². The molecule has 0 rings (SSSR count). The van der Waals surface area contributed by atoms with Crippen LogP contribution in [0.2, 0.25) is 0 Å². The number of aliphatic carboxylic acids is 1. The molecule has 0 spiro atoms. The first-order chi connectivity index (χ1) is 20.1. The number of hydrogen-bond acceptors (Lipinski definition) is 3.